The Bertz CT molecular complexity index is 1180. The van der Waals surface area contributed by atoms with Crippen molar-refractivity contribution in [1.29, 1.82) is 0 Å². The molecule has 3 aromatic heterocycles. The molecule has 0 radical (unpaired) electrons. The fourth-order valence-electron chi connectivity index (χ4n) is 4.27. The van der Waals surface area contributed by atoms with E-state index in [0.717, 1.165) is 36.0 Å². The van der Waals surface area contributed by atoms with Crippen LogP contribution in [0.15, 0.2) is 42.6 Å². The zero-order valence-corrected chi connectivity index (χ0v) is 17.4. The second-order valence-corrected chi connectivity index (χ2v) is 8.24. The molecule has 1 aliphatic rings. The zero-order valence-electron chi connectivity index (χ0n) is 17.4. The number of hydrogen-bond donors (Lipinski definition) is 0. The summed E-state index contributed by atoms with van der Waals surface area (Å²) in [6.45, 7) is 8.48. The van der Waals surface area contributed by atoms with Crippen molar-refractivity contribution in [3.63, 3.8) is 0 Å². The third-order valence-electron chi connectivity index (χ3n) is 5.56. The maximum Gasteiger partial charge on any atom is 0.272 e. The molecule has 152 valence electrons. The first-order chi connectivity index (χ1) is 14.6. The van der Waals surface area contributed by atoms with Gasteiger partial charge in [-0.2, -0.15) is 9.50 Å². The van der Waals surface area contributed by atoms with Gasteiger partial charge in [-0.1, -0.05) is 44.2 Å². The lowest BCUT2D eigenvalue weighted by Gasteiger charge is -2.35. The number of rotatable bonds is 3. The summed E-state index contributed by atoms with van der Waals surface area (Å²) in [4.78, 5) is 16.1. The molecule has 0 saturated carbocycles. The molecule has 1 aliphatic heterocycles. The van der Waals surface area contributed by atoms with Crippen molar-refractivity contribution in [3.8, 4) is 22.8 Å². The molecule has 0 aliphatic carbocycles. The zero-order chi connectivity index (χ0) is 20.7. The van der Waals surface area contributed by atoms with Crippen LogP contribution in [-0.4, -0.2) is 47.9 Å². The predicted molar refractivity (Wildman–Crippen MR) is 115 cm³/mol. The average molecular weight is 400 g/mol. The smallest absolute Gasteiger partial charge is 0.272 e. The maximum atomic E-state index is 4.82. The average Bonchev–Trinajstić information content (AvgIpc) is 3.19. The Kier molecular flexibility index (Phi) is 4.61. The Balaban J connectivity index is 1.53. The fraction of sp³-hybridized carbons (Fsp3) is 0.364. The lowest BCUT2D eigenvalue weighted by Crippen LogP contribution is -2.39. The van der Waals surface area contributed by atoms with Gasteiger partial charge < -0.3 is 4.90 Å². The molecule has 1 fully saturated rings. The highest BCUT2D eigenvalue weighted by Crippen LogP contribution is 2.26. The van der Waals surface area contributed by atoms with Gasteiger partial charge in [-0.3, -0.25) is 0 Å². The van der Waals surface area contributed by atoms with Gasteiger partial charge in [-0.15, -0.1) is 15.3 Å². The number of aromatic nitrogens is 7. The van der Waals surface area contributed by atoms with Crippen LogP contribution in [0.25, 0.3) is 28.6 Å². The molecule has 1 saturated heterocycles. The molecule has 0 spiro atoms. The van der Waals surface area contributed by atoms with Gasteiger partial charge in [0.25, 0.3) is 5.78 Å². The SMILES string of the molecule is Cc1c(-c2ccnc(N3CC(C)CC(C)C3)n2)nnc2nc(-c3ccccc3)nn12. The summed E-state index contributed by atoms with van der Waals surface area (Å²) in [7, 11) is 0. The summed E-state index contributed by atoms with van der Waals surface area (Å²) in [5, 5.41) is 13.4. The first kappa shape index (κ1) is 18.6. The van der Waals surface area contributed by atoms with Gasteiger partial charge in [0.15, 0.2) is 5.82 Å². The van der Waals surface area contributed by atoms with Crippen molar-refractivity contribution >= 4 is 11.7 Å². The van der Waals surface area contributed by atoms with E-state index < -0.39 is 0 Å². The van der Waals surface area contributed by atoms with Crippen LogP contribution in [0.4, 0.5) is 5.95 Å². The number of hydrogen-bond acceptors (Lipinski definition) is 7. The summed E-state index contributed by atoms with van der Waals surface area (Å²) < 4.78 is 1.73. The minimum Gasteiger partial charge on any atom is -0.340 e. The summed E-state index contributed by atoms with van der Waals surface area (Å²) >= 11 is 0. The molecule has 8 heteroatoms. The van der Waals surface area contributed by atoms with Crippen LogP contribution in [0, 0.1) is 18.8 Å². The van der Waals surface area contributed by atoms with Crippen molar-refractivity contribution < 1.29 is 0 Å². The third-order valence-corrected chi connectivity index (χ3v) is 5.56. The predicted octanol–water partition coefficient (Wildman–Crippen LogP) is 3.43. The van der Waals surface area contributed by atoms with Crippen LogP contribution in [0.5, 0.6) is 0 Å². The standard InChI is InChI=1S/C22H24N8/c1-14-11-15(2)13-29(12-14)21-23-10-9-18(24-21)19-16(3)30-22(27-26-19)25-20(28-30)17-7-5-4-6-8-17/h4-10,14-15H,11-13H2,1-3H3. The molecular weight excluding hydrogens is 376 g/mol. The van der Waals surface area contributed by atoms with Gasteiger partial charge in [-0.25, -0.2) is 9.97 Å². The van der Waals surface area contributed by atoms with E-state index in [1.165, 1.54) is 6.42 Å². The lowest BCUT2D eigenvalue weighted by molar-refractivity contribution is 0.353. The number of nitrogens with zero attached hydrogens (tertiary/aromatic N) is 8. The number of benzene rings is 1. The van der Waals surface area contributed by atoms with Crippen molar-refractivity contribution in [3.05, 3.63) is 48.3 Å². The molecule has 5 rings (SSSR count). The van der Waals surface area contributed by atoms with Crippen molar-refractivity contribution in [2.45, 2.75) is 27.2 Å². The fourth-order valence-corrected chi connectivity index (χ4v) is 4.27. The molecule has 4 aromatic rings. The van der Waals surface area contributed by atoms with Gasteiger partial charge >= 0.3 is 0 Å². The van der Waals surface area contributed by atoms with E-state index in [2.05, 4.69) is 44.0 Å². The van der Waals surface area contributed by atoms with Crippen molar-refractivity contribution in [2.24, 2.45) is 11.8 Å². The second kappa shape index (κ2) is 7.44. The molecule has 1 aromatic carbocycles. The Hall–Kier alpha value is -3.42. The topological polar surface area (TPSA) is 85.0 Å². The van der Waals surface area contributed by atoms with E-state index >= 15 is 0 Å². The van der Waals surface area contributed by atoms with Crippen molar-refractivity contribution in [2.75, 3.05) is 18.0 Å². The largest absolute Gasteiger partial charge is 0.340 e. The van der Waals surface area contributed by atoms with Crippen LogP contribution in [0.3, 0.4) is 0 Å². The lowest BCUT2D eigenvalue weighted by atomic mass is 9.92. The molecule has 30 heavy (non-hydrogen) atoms. The molecule has 2 unspecified atom stereocenters. The summed E-state index contributed by atoms with van der Waals surface area (Å²) in [5.41, 5.74) is 3.23. The Morgan fingerprint density at radius 1 is 0.933 bits per heavy atom. The van der Waals surface area contributed by atoms with E-state index in [0.29, 0.717) is 29.1 Å². The Labute approximate surface area is 175 Å². The van der Waals surface area contributed by atoms with Gasteiger partial charge in [0.1, 0.15) is 5.69 Å². The van der Waals surface area contributed by atoms with Crippen LogP contribution < -0.4 is 4.90 Å². The van der Waals surface area contributed by atoms with Gasteiger partial charge in [0.2, 0.25) is 5.95 Å². The highest BCUT2D eigenvalue weighted by atomic mass is 15.4. The van der Waals surface area contributed by atoms with E-state index in [9.17, 15) is 0 Å². The highest BCUT2D eigenvalue weighted by Gasteiger charge is 2.24. The van der Waals surface area contributed by atoms with E-state index in [4.69, 9.17) is 4.98 Å². The molecule has 8 nitrogen and oxygen atoms in total. The first-order valence-electron chi connectivity index (χ1n) is 10.3. The van der Waals surface area contributed by atoms with Crippen LogP contribution in [-0.2, 0) is 0 Å². The van der Waals surface area contributed by atoms with E-state index in [-0.39, 0.29) is 0 Å². The maximum absolute atomic E-state index is 4.82. The van der Waals surface area contributed by atoms with Gasteiger partial charge in [-0.05, 0) is 31.2 Å². The van der Waals surface area contributed by atoms with E-state index in [1.807, 2.05) is 43.3 Å². The molecule has 4 heterocycles. The molecule has 0 bridgehead atoms. The second-order valence-electron chi connectivity index (χ2n) is 8.24. The normalized spacial score (nSPS) is 19.4. The minimum atomic E-state index is 0.475. The van der Waals surface area contributed by atoms with Gasteiger partial charge in [0.05, 0.1) is 11.4 Å². The Morgan fingerprint density at radius 3 is 2.47 bits per heavy atom. The number of piperidine rings is 1. The molecule has 0 amide bonds. The van der Waals surface area contributed by atoms with Gasteiger partial charge in [0, 0.05) is 24.8 Å². The number of anilines is 1. The monoisotopic (exact) mass is 400 g/mol. The first-order valence-corrected chi connectivity index (χ1v) is 10.3. The summed E-state index contributed by atoms with van der Waals surface area (Å²) in [6, 6.07) is 11.7. The van der Waals surface area contributed by atoms with Crippen LogP contribution >= 0.6 is 0 Å². The third kappa shape index (κ3) is 3.38. The number of fused-ring (bicyclic) bond motifs is 1. The van der Waals surface area contributed by atoms with E-state index in [1.54, 1.807) is 10.7 Å². The summed E-state index contributed by atoms with van der Waals surface area (Å²) in [6.07, 6.45) is 3.04. The molecular formula is C22H24N8. The highest BCUT2D eigenvalue weighted by molar-refractivity contribution is 5.61. The van der Waals surface area contributed by atoms with Crippen LogP contribution in [0.1, 0.15) is 26.0 Å². The van der Waals surface area contributed by atoms with Crippen LogP contribution in [0.2, 0.25) is 0 Å². The van der Waals surface area contributed by atoms with Crippen molar-refractivity contribution in [1.82, 2.24) is 34.8 Å². The quantitative estimate of drug-likeness (QED) is 0.521. The number of aryl methyl sites for hydroxylation is 1. The Morgan fingerprint density at radius 2 is 1.70 bits per heavy atom. The molecule has 2 atom stereocenters. The minimum absolute atomic E-state index is 0.475. The molecule has 0 N–H and O–H groups in total. The summed E-state index contributed by atoms with van der Waals surface area (Å²) in [5.74, 6) is 3.11.